The highest BCUT2D eigenvalue weighted by atomic mass is 16.3. The summed E-state index contributed by atoms with van der Waals surface area (Å²) in [5.41, 5.74) is 4.64. The van der Waals surface area contributed by atoms with Gasteiger partial charge in [0.25, 0.3) is 0 Å². The summed E-state index contributed by atoms with van der Waals surface area (Å²) in [7, 11) is 0. The first kappa shape index (κ1) is 14.1. The van der Waals surface area contributed by atoms with Crippen molar-refractivity contribution in [2.24, 2.45) is 0 Å². The first-order chi connectivity index (χ1) is 10.7. The standard InChI is InChI=1S/C20H17NO/c1-15-11-13-17(18-9-5-6-10-20(18)22)19(21-15)14-12-16-7-3-2-4-8-16/h2-14,22H,1H3. The van der Waals surface area contributed by atoms with Gasteiger partial charge in [0.05, 0.1) is 5.69 Å². The van der Waals surface area contributed by atoms with Crippen LogP contribution in [0.2, 0.25) is 0 Å². The van der Waals surface area contributed by atoms with E-state index in [0.717, 1.165) is 28.1 Å². The van der Waals surface area contributed by atoms with Gasteiger partial charge >= 0.3 is 0 Å². The Labute approximate surface area is 130 Å². The molecule has 2 aromatic carbocycles. The Bertz CT molecular complexity index is 807. The van der Waals surface area contributed by atoms with E-state index < -0.39 is 0 Å². The molecule has 3 rings (SSSR count). The van der Waals surface area contributed by atoms with Gasteiger partial charge in [0, 0.05) is 16.8 Å². The Morgan fingerprint density at radius 2 is 1.50 bits per heavy atom. The Kier molecular flexibility index (Phi) is 4.01. The summed E-state index contributed by atoms with van der Waals surface area (Å²) in [6, 6.07) is 21.4. The van der Waals surface area contributed by atoms with Crippen molar-refractivity contribution in [1.29, 1.82) is 0 Å². The van der Waals surface area contributed by atoms with Crippen LogP contribution >= 0.6 is 0 Å². The van der Waals surface area contributed by atoms with Crippen molar-refractivity contribution in [1.82, 2.24) is 4.98 Å². The predicted molar refractivity (Wildman–Crippen MR) is 91.4 cm³/mol. The molecule has 0 atom stereocenters. The number of aryl methyl sites for hydroxylation is 1. The minimum Gasteiger partial charge on any atom is -0.507 e. The van der Waals surface area contributed by atoms with Gasteiger partial charge in [-0.1, -0.05) is 60.7 Å². The second-order valence-corrected chi connectivity index (χ2v) is 5.15. The third kappa shape index (κ3) is 3.07. The average Bonchev–Trinajstić information content (AvgIpc) is 2.55. The van der Waals surface area contributed by atoms with Crippen molar-refractivity contribution in [2.75, 3.05) is 0 Å². The lowest BCUT2D eigenvalue weighted by molar-refractivity contribution is 0.477. The van der Waals surface area contributed by atoms with Crippen LogP contribution in [0.4, 0.5) is 0 Å². The van der Waals surface area contributed by atoms with E-state index in [1.807, 2.05) is 79.7 Å². The zero-order chi connectivity index (χ0) is 15.4. The number of aromatic nitrogens is 1. The molecule has 0 aliphatic heterocycles. The van der Waals surface area contributed by atoms with Gasteiger partial charge in [-0.05, 0) is 30.7 Å². The van der Waals surface area contributed by atoms with Crippen LogP contribution < -0.4 is 0 Å². The summed E-state index contributed by atoms with van der Waals surface area (Å²) >= 11 is 0. The molecule has 0 unspecified atom stereocenters. The summed E-state index contributed by atoms with van der Waals surface area (Å²) in [6.45, 7) is 1.97. The summed E-state index contributed by atoms with van der Waals surface area (Å²) in [5.74, 6) is 0.266. The maximum absolute atomic E-state index is 10.1. The maximum Gasteiger partial charge on any atom is 0.123 e. The molecule has 0 bridgehead atoms. The van der Waals surface area contributed by atoms with Crippen LogP contribution in [0.1, 0.15) is 17.0 Å². The molecule has 1 heterocycles. The zero-order valence-electron chi connectivity index (χ0n) is 12.4. The molecule has 22 heavy (non-hydrogen) atoms. The fraction of sp³-hybridized carbons (Fsp3) is 0.0500. The molecule has 0 radical (unpaired) electrons. The van der Waals surface area contributed by atoms with Gasteiger partial charge < -0.3 is 5.11 Å². The van der Waals surface area contributed by atoms with Crippen LogP contribution in [0.5, 0.6) is 5.75 Å². The molecule has 0 saturated heterocycles. The highest BCUT2D eigenvalue weighted by Gasteiger charge is 2.08. The number of para-hydroxylation sites is 1. The first-order valence-electron chi connectivity index (χ1n) is 7.23. The predicted octanol–water partition coefficient (Wildman–Crippen LogP) is 4.93. The Balaban J connectivity index is 2.06. The largest absolute Gasteiger partial charge is 0.507 e. The van der Waals surface area contributed by atoms with Crippen LogP contribution in [0.25, 0.3) is 23.3 Å². The Morgan fingerprint density at radius 3 is 2.27 bits per heavy atom. The number of hydrogen-bond acceptors (Lipinski definition) is 2. The van der Waals surface area contributed by atoms with Crippen molar-refractivity contribution in [3.63, 3.8) is 0 Å². The van der Waals surface area contributed by atoms with E-state index in [0.29, 0.717) is 0 Å². The highest BCUT2D eigenvalue weighted by molar-refractivity contribution is 5.81. The Hall–Kier alpha value is -2.87. The summed E-state index contributed by atoms with van der Waals surface area (Å²) in [6.07, 6.45) is 4.02. The Morgan fingerprint density at radius 1 is 0.773 bits per heavy atom. The highest BCUT2D eigenvalue weighted by Crippen LogP contribution is 2.31. The van der Waals surface area contributed by atoms with Crippen molar-refractivity contribution in [3.05, 3.63) is 83.7 Å². The van der Waals surface area contributed by atoms with Crippen LogP contribution in [0.15, 0.2) is 66.7 Å². The second-order valence-electron chi connectivity index (χ2n) is 5.15. The van der Waals surface area contributed by atoms with Gasteiger partial charge in [0.1, 0.15) is 5.75 Å². The lowest BCUT2D eigenvalue weighted by Crippen LogP contribution is -1.91. The fourth-order valence-corrected chi connectivity index (χ4v) is 2.37. The zero-order valence-corrected chi connectivity index (χ0v) is 12.4. The molecule has 0 spiro atoms. The van der Waals surface area contributed by atoms with Gasteiger partial charge in [0.2, 0.25) is 0 Å². The number of pyridine rings is 1. The third-order valence-electron chi connectivity index (χ3n) is 3.49. The molecule has 0 saturated carbocycles. The van der Waals surface area contributed by atoms with Crippen molar-refractivity contribution in [2.45, 2.75) is 6.92 Å². The van der Waals surface area contributed by atoms with Crippen LogP contribution in [0, 0.1) is 6.92 Å². The summed E-state index contributed by atoms with van der Waals surface area (Å²) < 4.78 is 0. The molecule has 0 aliphatic rings. The smallest absolute Gasteiger partial charge is 0.123 e. The molecule has 0 fully saturated rings. The van der Waals surface area contributed by atoms with E-state index in [4.69, 9.17) is 0 Å². The van der Waals surface area contributed by atoms with Gasteiger partial charge in [-0.15, -0.1) is 0 Å². The molecule has 0 aliphatic carbocycles. The minimum atomic E-state index is 0.266. The molecule has 0 amide bonds. The van der Waals surface area contributed by atoms with E-state index in [1.165, 1.54) is 0 Å². The van der Waals surface area contributed by atoms with Gasteiger partial charge in [0.15, 0.2) is 0 Å². The second kappa shape index (κ2) is 6.27. The molecule has 3 aromatic rings. The van der Waals surface area contributed by atoms with Gasteiger partial charge in [-0.25, -0.2) is 0 Å². The van der Waals surface area contributed by atoms with E-state index in [9.17, 15) is 5.11 Å². The van der Waals surface area contributed by atoms with Gasteiger partial charge in [-0.2, -0.15) is 0 Å². The lowest BCUT2D eigenvalue weighted by Gasteiger charge is -2.08. The summed E-state index contributed by atoms with van der Waals surface area (Å²) in [5, 5.41) is 10.1. The van der Waals surface area contributed by atoms with Crippen molar-refractivity contribution in [3.8, 4) is 16.9 Å². The molecule has 2 heteroatoms. The average molecular weight is 287 g/mol. The van der Waals surface area contributed by atoms with E-state index in [2.05, 4.69) is 4.98 Å². The number of benzene rings is 2. The molecule has 1 N–H and O–H groups in total. The molecular weight excluding hydrogens is 270 g/mol. The maximum atomic E-state index is 10.1. The number of phenols is 1. The molecule has 2 nitrogen and oxygen atoms in total. The minimum absolute atomic E-state index is 0.266. The van der Waals surface area contributed by atoms with Gasteiger partial charge in [-0.3, -0.25) is 4.98 Å². The van der Waals surface area contributed by atoms with Crippen LogP contribution in [0.3, 0.4) is 0 Å². The molecular formula is C20H17NO. The van der Waals surface area contributed by atoms with Crippen LogP contribution in [-0.2, 0) is 0 Å². The number of nitrogens with zero attached hydrogens (tertiary/aromatic N) is 1. The van der Waals surface area contributed by atoms with Crippen LogP contribution in [-0.4, -0.2) is 10.1 Å². The number of rotatable bonds is 3. The number of aromatic hydroxyl groups is 1. The normalized spacial score (nSPS) is 11.0. The molecule has 1 aromatic heterocycles. The quantitative estimate of drug-likeness (QED) is 0.740. The SMILES string of the molecule is Cc1ccc(-c2ccccc2O)c(C=Cc2ccccc2)n1. The van der Waals surface area contributed by atoms with E-state index in [-0.39, 0.29) is 5.75 Å². The summed E-state index contributed by atoms with van der Waals surface area (Å²) in [4.78, 5) is 4.61. The van der Waals surface area contributed by atoms with Crippen molar-refractivity contribution < 1.29 is 5.11 Å². The first-order valence-corrected chi connectivity index (χ1v) is 7.23. The topological polar surface area (TPSA) is 33.1 Å². The fourth-order valence-electron chi connectivity index (χ4n) is 2.37. The van der Waals surface area contributed by atoms with E-state index in [1.54, 1.807) is 6.07 Å². The monoisotopic (exact) mass is 287 g/mol. The lowest BCUT2D eigenvalue weighted by atomic mass is 10.0. The van der Waals surface area contributed by atoms with E-state index >= 15 is 0 Å². The van der Waals surface area contributed by atoms with Crippen molar-refractivity contribution >= 4 is 12.2 Å². The number of phenolic OH excluding ortho intramolecular Hbond substituents is 1. The molecule has 108 valence electrons. The number of hydrogen-bond donors (Lipinski definition) is 1. The third-order valence-corrected chi connectivity index (χ3v) is 3.49.